The summed E-state index contributed by atoms with van der Waals surface area (Å²) in [6.07, 6.45) is 8.05. The molecule has 0 aromatic carbocycles. The number of amides is 1. The summed E-state index contributed by atoms with van der Waals surface area (Å²) in [7, 11) is 1.95. The molecule has 24 heavy (non-hydrogen) atoms. The summed E-state index contributed by atoms with van der Waals surface area (Å²) in [6, 6.07) is 0.624. The molecule has 0 bridgehead atoms. The molecule has 2 aliphatic rings. The molecule has 0 aromatic rings. The lowest BCUT2D eigenvalue weighted by Crippen LogP contribution is -2.43. The van der Waals surface area contributed by atoms with Crippen molar-refractivity contribution < 1.29 is 9.53 Å². The summed E-state index contributed by atoms with van der Waals surface area (Å²) in [4.78, 5) is 21.0. The van der Waals surface area contributed by atoms with Crippen LogP contribution in [0.25, 0.3) is 0 Å². The van der Waals surface area contributed by atoms with Crippen molar-refractivity contribution in [1.29, 1.82) is 0 Å². The maximum absolute atomic E-state index is 11.9. The van der Waals surface area contributed by atoms with Crippen molar-refractivity contribution in [3.05, 3.63) is 0 Å². The Bertz CT molecular complexity index is 417. The van der Waals surface area contributed by atoms with Crippen LogP contribution < -0.4 is 0 Å². The number of hydrogen-bond acceptors (Lipinski definition) is 4. The number of likely N-dealkylation sites (tertiary alicyclic amines) is 2. The largest absolute Gasteiger partial charge is 0.450 e. The summed E-state index contributed by atoms with van der Waals surface area (Å²) < 4.78 is 5.15. The van der Waals surface area contributed by atoms with Crippen LogP contribution in [0.5, 0.6) is 0 Å². The summed E-state index contributed by atoms with van der Waals surface area (Å²) in [5.41, 5.74) is 1.42. The van der Waals surface area contributed by atoms with Crippen LogP contribution in [-0.2, 0) is 4.74 Å². The van der Waals surface area contributed by atoms with Crippen LogP contribution in [0.4, 0.5) is 4.79 Å². The summed E-state index contributed by atoms with van der Waals surface area (Å²) in [5, 5.41) is 0. The van der Waals surface area contributed by atoms with Crippen molar-refractivity contribution in [2.24, 2.45) is 10.9 Å². The molecule has 0 spiro atoms. The first-order valence-corrected chi connectivity index (χ1v) is 9.80. The van der Waals surface area contributed by atoms with E-state index in [1.807, 2.05) is 18.9 Å². The molecule has 0 radical (unpaired) electrons. The molecule has 0 aromatic heterocycles. The van der Waals surface area contributed by atoms with E-state index in [9.17, 15) is 4.79 Å². The van der Waals surface area contributed by atoms with Crippen molar-refractivity contribution in [1.82, 2.24) is 9.80 Å². The van der Waals surface area contributed by atoms with Crippen LogP contribution in [0.2, 0.25) is 0 Å². The van der Waals surface area contributed by atoms with Gasteiger partial charge in [-0.15, -0.1) is 0 Å². The zero-order chi connectivity index (χ0) is 17.4. The quantitative estimate of drug-likeness (QED) is 0.720. The number of carbonyl (C=O) groups is 1. The molecule has 1 atom stereocenters. The van der Waals surface area contributed by atoms with Gasteiger partial charge in [0.05, 0.1) is 6.61 Å². The number of carbonyl (C=O) groups excluding carboxylic acids is 1. The van der Waals surface area contributed by atoms with E-state index in [2.05, 4.69) is 16.8 Å². The van der Waals surface area contributed by atoms with E-state index in [0.29, 0.717) is 18.6 Å². The highest BCUT2D eigenvalue weighted by Crippen LogP contribution is 2.26. The van der Waals surface area contributed by atoms with Gasteiger partial charge in [0.2, 0.25) is 0 Å². The molecule has 2 fully saturated rings. The smallest absolute Gasteiger partial charge is 0.409 e. The molecule has 5 heteroatoms. The van der Waals surface area contributed by atoms with Gasteiger partial charge in [0.25, 0.3) is 0 Å². The zero-order valence-corrected chi connectivity index (χ0v) is 15.8. The molecule has 138 valence electrons. The van der Waals surface area contributed by atoms with Gasteiger partial charge in [-0.05, 0) is 64.5 Å². The molecule has 0 saturated carbocycles. The number of piperidine rings is 1. The number of ether oxygens (including phenoxy) is 1. The van der Waals surface area contributed by atoms with Crippen molar-refractivity contribution in [3.63, 3.8) is 0 Å². The number of rotatable bonds is 5. The summed E-state index contributed by atoms with van der Waals surface area (Å²) in [6.45, 7) is 8.60. The second-order valence-electron chi connectivity index (χ2n) is 7.05. The Labute approximate surface area is 147 Å². The van der Waals surface area contributed by atoms with E-state index in [0.717, 1.165) is 32.4 Å². The minimum atomic E-state index is -0.139. The van der Waals surface area contributed by atoms with Gasteiger partial charge in [-0.25, -0.2) is 4.79 Å². The molecular weight excluding hydrogens is 302 g/mol. The first-order valence-electron chi connectivity index (χ1n) is 9.80. The van der Waals surface area contributed by atoms with Gasteiger partial charge in [-0.2, -0.15) is 0 Å². The number of hydrogen-bond donors (Lipinski definition) is 0. The molecule has 0 N–H and O–H groups in total. The Hall–Kier alpha value is -1.10. The Balaban J connectivity index is 1.81. The molecule has 0 aliphatic carbocycles. The molecular formula is C19H35N3O2. The molecule has 2 saturated heterocycles. The van der Waals surface area contributed by atoms with E-state index in [4.69, 9.17) is 4.74 Å². The van der Waals surface area contributed by atoms with Gasteiger partial charge < -0.3 is 14.5 Å². The lowest BCUT2D eigenvalue weighted by Gasteiger charge is -2.37. The van der Waals surface area contributed by atoms with Crippen LogP contribution in [0.1, 0.15) is 58.8 Å². The molecule has 5 nitrogen and oxygen atoms in total. The predicted octanol–water partition coefficient (Wildman–Crippen LogP) is 3.58. The van der Waals surface area contributed by atoms with Crippen molar-refractivity contribution in [2.45, 2.75) is 64.8 Å². The fraction of sp³-hybridized carbons (Fsp3) is 0.895. The molecule has 1 unspecified atom stereocenters. The number of nitrogens with zero attached hydrogens (tertiary/aromatic N) is 3. The lowest BCUT2D eigenvalue weighted by atomic mass is 9.88. The van der Waals surface area contributed by atoms with Crippen LogP contribution in [0.15, 0.2) is 4.99 Å². The van der Waals surface area contributed by atoms with E-state index < -0.39 is 0 Å². The monoisotopic (exact) mass is 337 g/mol. The first kappa shape index (κ1) is 19.2. The van der Waals surface area contributed by atoms with Crippen LogP contribution in [0.3, 0.4) is 0 Å². The molecule has 2 aliphatic heterocycles. The average molecular weight is 338 g/mol. The average Bonchev–Trinajstić information content (AvgIpc) is 2.86. The van der Waals surface area contributed by atoms with E-state index >= 15 is 0 Å². The maximum atomic E-state index is 11.9. The highest BCUT2D eigenvalue weighted by molar-refractivity contribution is 5.86. The topological polar surface area (TPSA) is 45.1 Å². The van der Waals surface area contributed by atoms with E-state index in [1.165, 1.54) is 44.5 Å². The fourth-order valence-corrected chi connectivity index (χ4v) is 4.19. The standard InChI is InChI=1S/C19H35N3O2/c1-4-7-18(20-3)16-9-13-21(14-10-16)17-8-6-12-22(15-11-17)19(23)24-5-2/h16-17H,4-15H2,1-3H3/b20-18+. The minimum Gasteiger partial charge on any atom is -0.450 e. The number of aliphatic imine (C=N–C) groups is 1. The van der Waals surface area contributed by atoms with Gasteiger partial charge in [0.15, 0.2) is 0 Å². The molecule has 2 rings (SSSR count). The van der Waals surface area contributed by atoms with E-state index in [1.54, 1.807) is 0 Å². The van der Waals surface area contributed by atoms with Crippen LogP contribution in [-0.4, -0.2) is 67.5 Å². The zero-order valence-electron chi connectivity index (χ0n) is 15.8. The molecule has 2 heterocycles. The third kappa shape index (κ3) is 5.20. The third-order valence-corrected chi connectivity index (χ3v) is 5.53. The predicted molar refractivity (Wildman–Crippen MR) is 98.8 cm³/mol. The lowest BCUT2D eigenvalue weighted by molar-refractivity contribution is 0.105. The Morgan fingerprint density at radius 2 is 1.83 bits per heavy atom. The highest BCUT2D eigenvalue weighted by Gasteiger charge is 2.29. The Morgan fingerprint density at radius 1 is 1.08 bits per heavy atom. The van der Waals surface area contributed by atoms with Crippen molar-refractivity contribution in [2.75, 3.05) is 39.8 Å². The second-order valence-corrected chi connectivity index (χ2v) is 7.05. The highest BCUT2D eigenvalue weighted by atomic mass is 16.6. The maximum Gasteiger partial charge on any atom is 0.409 e. The van der Waals surface area contributed by atoms with Crippen molar-refractivity contribution in [3.8, 4) is 0 Å². The van der Waals surface area contributed by atoms with Crippen LogP contribution in [0, 0.1) is 5.92 Å². The summed E-state index contributed by atoms with van der Waals surface area (Å²) in [5.74, 6) is 0.688. The van der Waals surface area contributed by atoms with Gasteiger partial charge in [-0.1, -0.05) is 13.3 Å². The summed E-state index contributed by atoms with van der Waals surface area (Å²) >= 11 is 0. The minimum absolute atomic E-state index is 0.139. The van der Waals surface area contributed by atoms with Gasteiger partial charge in [0, 0.05) is 31.9 Å². The Kier molecular flexibility index (Phi) is 8.03. The van der Waals surface area contributed by atoms with Gasteiger partial charge in [0.1, 0.15) is 0 Å². The second kappa shape index (κ2) is 10.0. The third-order valence-electron chi connectivity index (χ3n) is 5.53. The van der Waals surface area contributed by atoms with Gasteiger partial charge in [-0.3, -0.25) is 4.99 Å². The Morgan fingerprint density at radius 3 is 2.46 bits per heavy atom. The SMILES string of the molecule is CCC/C(=N\C)C1CCN(C2CCCN(C(=O)OCC)CC2)CC1. The van der Waals surface area contributed by atoms with Crippen molar-refractivity contribution >= 4 is 11.8 Å². The van der Waals surface area contributed by atoms with Crippen LogP contribution >= 0.6 is 0 Å². The van der Waals surface area contributed by atoms with E-state index in [-0.39, 0.29) is 6.09 Å². The molecule has 1 amide bonds. The first-order chi connectivity index (χ1) is 11.7. The van der Waals surface area contributed by atoms with Gasteiger partial charge >= 0.3 is 6.09 Å². The fourth-order valence-electron chi connectivity index (χ4n) is 4.19. The normalized spacial score (nSPS) is 24.7.